The molecule has 1 rings (SSSR count). The number of benzene rings is 1. The van der Waals surface area contributed by atoms with Gasteiger partial charge in [-0.05, 0) is 18.2 Å². The second-order valence-corrected chi connectivity index (χ2v) is 2.89. The first-order valence-corrected chi connectivity index (χ1v) is 4.27. The second kappa shape index (κ2) is 6.30. The molecule has 0 saturated heterocycles. The highest BCUT2D eigenvalue weighted by Crippen LogP contribution is 2.25. The summed E-state index contributed by atoms with van der Waals surface area (Å²) in [5.74, 6) is -0.765. The molecule has 0 aliphatic carbocycles. The van der Waals surface area contributed by atoms with E-state index in [1.54, 1.807) is 0 Å². The van der Waals surface area contributed by atoms with E-state index in [-0.39, 0.29) is 18.0 Å². The fraction of sp³-hybridized carbons (Fsp3) is 0.300. The molecule has 1 aromatic carbocycles. The first kappa shape index (κ1) is 14.7. The van der Waals surface area contributed by atoms with E-state index in [0.29, 0.717) is 5.75 Å². The van der Waals surface area contributed by atoms with Crippen molar-refractivity contribution in [2.75, 3.05) is 14.2 Å². The number of esters is 1. The predicted molar refractivity (Wildman–Crippen MR) is 59.1 cm³/mol. The van der Waals surface area contributed by atoms with E-state index in [0.717, 1.165) is 6.07 Å². The van der Waals surface area contributed by atoms with Crippen molar-refractivity contribution in [2.24, 2.45) is 5.73 Å². The summed E-state index contributed by atoms with van der Waals surface area (Å²) in [7, 11) is 2.63. The lowest BCUT2D eigenvalue weighted by Gasteiger charge is -2.13. The summed E-state index contributed by atoms with van der Waals surface area (Å²) in [5.41, 5.74) is 5.84. The lowest BCUT2D eigenvalue weighted by molar-refractivity contribution is -0.142. The maximum atomic E-state index is 12.9. The highest BCUT2D eigenvalue weighted by molar-refractivity contribution is 5.85. The van der Waals surface area contributed by atoms with Gasteiger partial charge < -0.3 is 15.2 Å². The summed E-state index contributed by atoms with van der Waals surface area (Å²) in [6.07, 6.45) is 0. The average Bonchev–Trinajstić information content (AvgIpc) is 2.27. The number of halogens is 2. The van der Waals surface area contributed by atoms with Gasteiger partial charge in [-0.2, -0.15) is 0 Å². The predicted octanol–water partition coefficient (Wildman–Crippen LogP) is 1.43. The molecule has 90 valence electrons. The van der Waals surface area contributed by atoms with E-state index < -0.39 is 17.8 Å². The van der Waals surface area contributed by atoms with E-state index >= 15 is 0 Å². The lowest BCUT2D eigenvalue weighted by atomic mass is 10.1. The maximum Gasteiger partial charge on any atom is 0.327 e. The normalized spacial score (nSPS) is 11.2. The Morgan fingerprint density at radius 1 is 1.44 bits per heavy atom. The third-order valence-corrected chi connectivity index (χ3v) is 1.98. The number of hydrogen-bond donors (Lipinski definition) is 1. The van der Waals surface area contributed by atoms with Crippen LogP contribution in [0.5, 0.6) is 5.75 Å². The molecular formula is C10H13ClFNO3. The zero-order chi connectivity index (χ0) is 11.4. The molecule has 6 heteroatoms. The van der Waals surface area contributed by atoms with Gasteiger partial charge in [0.1, 0.15) is 17.6 Å². The molecule has 0 spiro atoms. The van der Waals surface area contributed by atoms with Gasteiger partial charge in [0.25, 0.3) is 0 Å². The Hall–Kier alpha value is -1.33. The van der Waals surface area contributed by atoms with Crippen molar-refractivity contribution in [1.29, 1.82) is 0 Å². The van der Waals surface area contributed by atoms with E-state index in [1.807, 2.05) is 0 Å². The molecule has 0 saturated carbocycles. The van der Waals surface area contributed by atoms with Gasteiger partial charge in [0.05, 0.1) is 14.2 Å². The van der Waals surface area contributed by atoms with Crippen molar-refractivity contribution in [1.82, 2.24) is 0 Å². The fourth-order valence-electron chi connectivity index (χ4n) is 1.20. The Bertz CT molecular complexity index is 373. The number of rotatable bonds is 3. The Kier molecular flexibility index (Phi) is 5.77. The van der Waals surface area contributed by atoms with Gasteiger partial charge in [-0.3, -0.25) is 4.79 Å². The molecule has 4 nitrogen and oxygen atoms in total. The Morgan fingerprint density at radius 2 is 2.06 bits per heavy atom. The van der Waals surface area contributed by atoms with Crippen LogP contribution in [0.4, 0.5) is 4.39 Å². The monoisotopic (exact) mass is 249 g/mol. The molecule has 0 aliphatic heterocycles. The van der Waals surface area contributed by atoms with Gasteiger partial charge >= 0.3 is 5.97 Å². The van der Waals surface area contributed by atoms with Crippen LogP contribution in [0.1, 0.15) is 11.6 Å². The zero-order valence-electron chi connectivity index (χ0n) is 8.90. The van der Waals surface area contributed by atoms with Crippen molar-refractivity contribution >= 4 is 18.4 Å². The van der Waals surface area contributed by atoms with Crippen molar-refractivity contribution in [3.05, 3.63) is 29.6 Å². The third kappa shape index (κ3) is 3.08. The number of ether oxygens (including phenoxy) is 2. The minimum absolute atomic E-state index is 0. The van der Waals surface area contributed by atoms with E-state index in [1.165, 1.54) is 26.4 Å². The topological polar surface area (TPSA) is 61.5 Å². The Balaban J connectivity index is 0.00000225. The molecule has 0 aliphatic rings. The standard InChI is InChI=1S/C10H12FNO3.ClH/c1-14-8-4-3-6(11)5-7(8)9(12)10(13)15-2;/h3-5,9H,12H2,1-2H3;1H/t9-;/m1./s1. The van der Waals surface area contributed by atoms with Crippen LogP contribution in [-0.2, 0) is 9.53 Å². The van der Waals surface area contributed by atoms with Crippen LogP contribution in [-0.4, -0.2) is 20.2 Å². The van der Waals surface area contributed by atoms with Crippen LogP contribution >= 0.6 is 12.4 Å². The molecule has 0 aromatic heterocycles. The second-order valence-electron chi connectivity index (χ2n) is 2.89. The van der Waals surface area contributed by atoms with Crippen LogP contribution < -0.4 is 10.5 Å². The Morgan fingerprint density at radius 3 is 2.56 bits per heavy atom. The average molecular weight is 250 g/mol. The number of carbonyl (C=O) groups is 1. The van der Waals surface area contributed by atoms with Crippen molar-refractivity contribution in [3.8, 4) is 5.75 Å². The third-order valence-electron chi connectivity index (χ3n) is 1.98. The number of nitrogens with two attached hydrogens (primary N) is 1. The molecule has 0 heterocycles. The van der Waals surface area contributed by atoms with Crippen LogP contribution in [0.15, 0.2) is 18.2 Å². The molecule has 0 amide bonds. The van der Waals surface area contributed by atoms with E-state index in [9.17, 15) is 9.18 Å². The molecular weight excluding hydrogens is 237 g/mol. The van der Waals surface area contributed by atoms with Gasteiger partial charge in [0.15, 0.2) is 0 Å². The molecule has 0 radical (unpaired) electrons. The Labute approximate surface area is 98.9 Å². The van der Waals surface area contributed by atoms with Gasteiger partial charge in [-0.15, -0.1) is 12.4 Å². The van der Waals surface area contributed by atoms with E-state index in [4.69, 9.17) is 10.5 Å². The zero-order valence-corrected chi connectivity index (χ0v) is 9.71. The smallest absolute Gasteiger partial charge is 0.327 e. The van der Waals surface area contributed by atoms with Gasteiger partial charge in [-0.25, -0.2) is 4.39 Å². The SMILES string of the molecule is COC(=O)[C@H](N)c1cc(F)ccc1OC.Cl. The van der Waals surface area contributed by atoms with Crippen LogP contribution in [0.3, 0.4) is 0 Å². The molecule has 0 unspecified atom stereocenters. The summed E-state index contributed by atoms with van der Waals surface area (Å²) in [6, 6.07) is 2.75. The molecule has 1 aromatic rings. The molecule has 1 atom stereocenters. The van der Waals surface area contributed by atoms with Crippen LogP contribution in [0.25, 0.3) is 0 Å². The molecule has 0 fully saturated rings. The van der Waals surface area contributed by atoms with Gasteiger partial charge in [0, 0.05) is 5.56 Å². The minimum Gasteiger partial charge on any atom is -0.496 e. The summed E-state index contributed by atoms with van der Waals surface area (Å²) in [6.45, 7) is 0. The van der Waals surface area contributed by atoms with Crippen LogP contribution in [0, 0.1) is 5.82 Å². The first-order valence-electron chi connectivity index (χ1n) is 4.27. The summed E-state index contributed by atoms with van der Waals surface area (Å²) in [5, 5.41) is 0. The van der Waals surface area contributed by atoms with Crippen LogP contribution in [0.2, 0.25) is 0 Å². The van der Waals surface area contributed by atoms with Crippen molar-refractivity contribution < 1.29 is 18.7 Å². The summed E-state index contributed by atoms with van der Waals surface area (Å²) >= 11 is 0. The summed E-state index contributed by atoms with van der Waals surface area (Å²) in [4.78, 5) is 11.2. The van der Waals surface area contributed by atoms with E-state index in [2.05, 4.69) is 4.74 Å². The minimum atomic E-state index is -1.04. The van der Waals surface area contributed by atoms with Crippen molar-refractivity contribution in [3.63, 3.8) is 0 Å². The quantitative estimate of drug-likeness (QED) is 0.824. The van der Waals surface area contributed by atoms with Gasteiger partial charge in [0.2, 0.25) is 0 Å². The first-order chi connectivity index (χ1) is 7.10. The van der Waals surface area contributed by atoms with Crippen molar-refractivity contribution in [2.45, 2.75) is 6.04 Å². The number of carbonyl (C=O) groups excluding carboxylic acids is 1. The highest BCUT2D eigenvalue weighted by Gasteiger charge is 2.20. The molecule has 16 heavy (non-hydrogen) atoms. The molecule has 2 N–H and O–H groups in total. The highest BCUT2D eigenvalue weighted by atomic mass is 35.5. The lowest BCUT2D eigenvalue weighted by Crippen LogP contribution is -2.23. The number of methoxy groups -OCH3 is 2. The largest absolute Gasteiger partial charge is 0.496 e. The molecule has 0 bridgehead atoms. The summed E-state index contributed by atoms with van der Waals surface area (Å²) < 4.78 is 22.4. The number of hydrogen-bond acceptors (Lipinski definition) is 4. The van der Waals surface area contributed by atoms with Gasteiger partial charge in [-0.1, -0.05) is 0 Å². The maximum absolute atomic E-state index is 12.9. The fourth-order valence-corrected chi connectivity index (χ4v) is 1.20.